The van der Waals surface area contributed by atoms with Crippen molar-refractivity contribution in [2.75, 3.05) is 5.32 Å². The summed E-state index contributed by atoms with van der Waals surface area (Å²) in [6.07, 6.45) is 0.872. The summed E-state index contributed by atoms with van der Waals surface area (Å²) < 4.78 is 12.0. The van der Waals surface area contributed by atoms with Crippen molar-refractivity contribution in [3.63, 3.8) is 0 Å². The van der Waals surface area contributed by atoms with Crippen molar-refractivity contribution >= 4 is 23.2 Å². The fraction of sp³-hybridized carbons (Fsp3) is 0.208. The van der Waals surface area contributed by atoms with E-state index in [-0.39, 0.29) is 11.5 Å². The predicted octanol–water partition coefficient (Wildman–Crippen LogP) is 5.88. The van der Waals surface area contributed by atoms with Crippen LogP contribution in [-0.4, -0.2) is 11.5 Å². The number of rotatable bonds is 5. The second-order valence-corrected chi connectivity index (χ2v) is 8.17. The molecule has 0 aliphatic carbocycles. The number of fused-ring (bicyclic) bond motifs is 1. The van der Waals surface area contributed by atoms with Gasteiger partial charge in [0, 0.05) is 28.3 Å². The predicted molar refractivity (Wildman–Crippen MR) is 115 cm³/mol. The number of anilines is 1. The first-order valence-electron chi connectivity index (χ1n) is 9.49. The molecule has 5 heteroatoms. The van der Waals surface area contributed by atoms with Crippen LogP contribution in [0.5, 0.6) is 11.5 Å². The molecule has 0 saturated carbocycles. The maximum atomic E-state index is 12.4. The van der Waals surface area contributed by atoms with E-state index >= 15 is 0 Å². The summed E-state index contributed by atoms with van der Waals surface area (Å²) in [6, 6.07) is 20.4. The number of carbonyl (C=O) groups excluding carboxylic acids is 1. The number of carbonyl (C=O) groups is 1. The lowest BCUT2D eigenvalue weighted by atomic mass is 10.0. The number of ether oxygens (including phenoxy) is 2. The van der Waals surface area contributed by atoms with E-state index in [0.29, 0.717) is 22.9 Å². The normalized spacial score (nSPS) is 14.0. The first-order valence-corrected chi connectivity index (χ1v) is 9.87. The van der Waals surface area contributed by atoms with E-state index in [9.17, 15) is 4.79 Å². The van der Waals surface area contributed by atoms with Gasteiger partial charge in [-0.05, 0) is 61.9 Å². The minimum atomic E-state index is -0.207. The minimum absolute atomic E-state index is 0.170. The summed E-state index contributed by atoms with van der Waals surface area (Å²) >= 11 is 5.87. The van der Waals surface area contributed by atoms with E-state index < -0.39 is 0 Å². The maximum absolute atomic E-state index is 12.4. The molecule has 29 heavy (non-hydrogen) atoms. The van der Waals surface area contributed by atoms with Crippen molar-refractivity contribution in [3.8, 4) is 11.5 Å². The third-order valence-electron chi connectivity index (χ3n) is 4.77. The molecule has 3 aromatic rings. The SMILES string of the molecule is CC1(C)Cc2cccc(OCc3ccc(C(=O)Nc4ccc(Cl)cc4)cc3)c2O1. The Morgan fingerprint density at radius 2 is 1.79 bits per heavy atom. The van der Waals surface area contributed by atoms with Gasteiger partial charge in [-0.2, -0.15) is 0 Å². The lowest BCUT2D eigenvalue weighted by Crippen LogP contribution is -2.24. The van der Waals surface area contributed by atoms with Gasteiger partial charge < -0.3 is 14.8 Å². The molecule has 1 amide bonds. The van der Waals surface area contributed by atoms with Crippen molar-refractivity contribution in [3.05, 3.63) is 88.4 Å². The summed E-state index contributed by atoms with van der Waals surface area (Å²) in [7, 11) is 0. The van der Waals surface area contributed by atoms with E-state index in [4.69, 9.17) is 21.1 Å². The van der Waals surface area contributed by atoms with Gasteiger partial charge in [-0.25, -0.2) is 0 Å². The van der Waals surface area contributed by atoms with Crippen molar-refractivity contribution < 1.29 is 14.3 Å². The van der Waals surface area contributed by atoms with Gasteiger partial charge in [0.15, 0.2) is 11.5 Å². The van der Waals surface area contributed by atoms with Crippen LogP contribution < -0.4 is 14.8 Å². The number of hydrogen-bond acceptors (Lipinski definition) is 3. The van der Waals surface area contributed by atoms with E-state index in [2.05, 4.69) is 25.2 Å². The van der Waals surface area contributed by atoms with Crippen LogP contribution in [0.3, 0.4) is 0 Å². The van der Waals surface area contributed by atoms with Gasteiger partial charge in [-0.15, -0.1) is 0 Å². The zero-order valence-corrected chi connectivity index (χ0v) is 17.1. The van der Waals surface area contributed by atoms with E-state index in [1.807, 2.05) is 24.3 Å². The van der Waals surface area contributed by atoms with Crippen LogP contribution in [0.4, 0.5) is 5.69 Å². The van der Waals surface area contributed by atoms with Crippen LogP contribution in [0.15, 0.2) is 66.7 Å². The third kappa shape index (κ3) is 4.54. The molecule has 1 heterocycles. The lowest BCUT2D eigenvalue weighted by molar-refractivity contribution is 0.102. The summed E-state index contributed by atoms with van der Waals surface area (Å²) in [5, 5.41) is 3.48. The smallest absolute Gasteiger partial charge is 0.255 e. The van der Waals surface area contributed by atoms with Gasteiger partial charge in [-0.1, -0.05) is 35.9 Å². The molecule has 0 saturated heterocycles. The van der Waals surface area contributed by atoms with Crippen molar-refractivity contribution in [2.24, 2.45) is 0 Å². The Morgan fingerprint density at radius 1 is 1.07 bits per heavy atom. The summed E-state index contributed by atoms with van der Waals surface area (Å²) in [5.74, 6) is 1.41. The number of para-hydroxylation sites is 1. The topological polar surface area (TPSA) is 47.6 Å². The fourth-order valence-electron chi connectivity index (χ4n) is 3.35. The zero-order chi connectivity index (χ0) is 20.4. The average Bonchev–Trinajstić information content (AvgIpc) is 3.03. The highest BCUT2D eigenvalue weighted by atomic mass is 35.5. The van der Waals surface area contributed by atoms with Crippen LogP contribution in [0, 0.1) is 0 Å². The Labute approximate surface area is 175 Å². The highest BCUT2D eigenvalue weighted by molar-refractivity contribution is 6.30. The van der Waals surface area contributed by atoms with Crippen molar-refractivity contribution in [1.29, 1.82) is 0 Å². The van der Waals surface area contributed by atoms with Crippen LogP contribution in [0.2, 0.25) is 5.02 Å². The lowest BCUT2D eigenvalue weighted by Gasteiger charge is -2.18. The Morgan fingerprint density at radius 3 is 2.52 bits per heavy atom. The van der Waals surface area contributed by atoms with Gasteiger partial charge in [0.25, 0.3) is 5.91 Å². The summed E-state index contributed by atoms with van der Waals surface area (Å²) in [5.41, 5.74) is 3.22. The molecule has 0 atom stereocenters. The van der Waals surface area contributed by atoms with E-state index in [1.54, 1.807) is 36.4 Å². The number of hydrogen-bond donors (Lipinski definition) is 1. The van der Waals surface area contributed by atoms with Crippen LogP contribution in [-0.2, 0) is 13.0 Å². The zero-order valence-electron chi connectivity index (χ0n) is 16.4. The molecule has 148 valence electrons. The number of halogens is 1. The molecule has 0 aromatic heterocycles. The van der Waals surface area contributed by atoms with Crippen LogP contribution >= 0.6 is 11.6 Å². The molecule has 0 radical (unpaired) electrons. The van der Waals surface area contributed by atoms with Crippen LogP contribution in [0.1, 0.15) is 35.3 Å². The maximum Gasteiger partial charge on any atom is 0.255 e. The largest absolute Gasteiger partial charge is 0.485 e. The number of amides is 1. The van der Waals surface area contributed by atoms with Crippen LogP contribution in [0.25, 0.3) is 0 Å². The second kappa shape index (κ2) is 7.80. The van der Waals surface area contributed by atoms with Crippen molar-refractivity contribution in [1.82, 2.24) is 0 Å². The first kappa shape index (κ1) is 19.3. The van der Waals surface area contributed by atoms with E-state index in [1.165, 1.54) is 5.56 Å². The standard InChI is InChI=1S/C24H22ClNO3/c1-24(2)14-18-4-3-5-21(22(18)29-24)28-15-16-6-8-17(9-7-16)23(27)26-20-12-10-19(25)11-13-20/h3-13H,14-15H2,1-2H3,(H,26,27). The third-order valence-corrected chi connectivity index (χ3v) is 5.02. The summed E-state index contributed by atoms with van der Waals surface area (Å²) in [6.45, 7) is 4.55. The first-order chi connectivity index (χ1) is 13.9. The molecular formula is C24H22ClNO3. The Bertz CT molecular complexity index is 1030. The number of nitrogens with one attached hydrogen (secondary N) is 1. The fourth-order valence-corrected chi connectivity index (χ4v) is 3.48. The molecule has 4 nitrogen and oxygen atoms in total. The molecule has 0 bridgehead atoms. The quantitative estimate of drug-likeness (QED) is 0.574. The highest BCUT2D eigenvalue weighted by Crippen LogP contribution is 2.41. The monoisotopic (exact) mass is 407 g/mol. The van der Waals surface area contributed by atoms with Gasteiger partial charge in [-0.3, -0.25) is 4.79 Å². The van der Waals surface area contributed by atoms with Gasteiger partial charge in [0.1, 0.15) is 12.2 Å². The molecule has 4 rings (SSSR count). The number of benzene rings is 3. The Kier molecular flexibility index (Phi) is 5.20. The molecule has 3 aromatic carbocycles. The molecule has 1 aliphatic rings. The molecule has 1 aliphatic heterocycles. The van der Waals surface area contributed by atoms with E-state index in [0.717, 1.165) is 23.5 Å². The van der Waals surface area contributed by atoms with Gasteiger partial charge in [0.05, 0.1) is 0 Å². The van der Waals surface area contributed by atoms with Gasteiger partial charge >= 0.3 is 0 Å². The Balaban J connectivity index is 1.39. The molecule has 0 fully saturated rings. The molecule has 0 spiro atoms. The van der Waals surface area contributed by atoms with Crippen molar-refractivity contribution in [2.45, 2.75) is 32.5 Å². The Hall–Kier alpha value is -2.98. The average molecular weight is 408 g/mol. The second-order valence-electron chi connectivity index (χ2n) is 7.73. The molecule has 0 unspecified atom stereocenters. The molecule has 1 N–H and O–H groups in total. The summed E-state index contributed by atoms with van der Waals surface area (Å²) in [4.78, 5) is 12.4. The molecular weight excluding hydrogens is 386 g/mol. The highest BCUT2D eigenvalue weighted by Gasteiger charge is 2.32. The minimum Gasteiger partial charge on any atom is -0.485 e. The van der Waals surface area contributed by atoms with Gasteiger partial charge in [0.2, 0.25) is 0 Å².